The molecular formula is C21H26N2O6S. The number of carbonyl (C=O) groups excluding carboxylic acids is 2. The minimum absolute atomic E-state index is 0.234. The molecule has 1 N–H and O–H groups in total. The number of ether oxygens (including phenoxy) is 2. The third-order valence-electron chi connectivity index (χ3n) is 4.13. The molecule has 0 aliphatic carbocycles. The van der Waals surface area contributed by atoms with Crippen LogP contribution in [0.3, 0.4) is 0 Å². The number of nitrogens with zero attached hydrogens (tertiary/aromatic N) is 1. The zero-order valence-corrected chi connectivity index (χ0v) is 18.2. The maximum absolute atomic E-state index is 12.8. The number of carbonyl (C=O) groups is 2. The zero-order chi connectivity index (χ0) is 22.3. The lowest BCUT2D eigenvalue weighted by Crippen LogP contribution is -2.45. The van der Waals surface area contributed by atoms with Gasteiger partial charge in [-0.2, -0.15) is 0 Å². The van der Waals surface area contributed by atoms with E-state index < -0.39 is 27.9 Å². The van der Waals surface area contributed by atoms with Crippen molar-refractivity contribution in [3.8, 4) is 5.75 Å². The number of hydrogen-bond donors (Lipinski definition) is 1. The van der Waals surface area contributed by atoms with Crippen LogP contribution in [0.1, 0.15) is 31.1 Å². The van der Waals surface area contributed by atoms with E-state index >= 15 is 0 Å². The summed E-state index contributed by atoms with van der Waals surface area (Å²) < 4.78 is 36.2. The van der Waals surface area contributed by atoms with Crippen LogP contribution in [0.5, 0.6) is 5.75 Å². The van der Waals surface area contributed by atoms with Gasteiger partial charge in [-0.15, -0.1) is 0 Å². The second-order valence-corrected chi connectivity index (χ2v) is 8.31. The molecule has 30 heavy (non-hydrogen) atoms. The van der Waals surface area contributed by atoms with Crippen molar-refractivity contribution >= 4 is 33.3 Å². The van der Waals surface area contributed by atoms with Gasteiger partial charge in [-0.3, -0.25) is 9.10 Å². The van der Waals surface area contributed by atoms with Crippen molar-refractivity contribution in [3.63, 3.8) is 0 Å². The van der Waals surface area contributed by atoms with Crippen molar-refractivity contribution in [2.45, 2.75) is 26.8 Å². The Morgan fingerprint density at radius 1 is 1.07 bits per heavy atom. The maximum Gasteiger partial charge on any atom is 0.338 e. The van der Waals surface area contributed by atoms with Crippen LogP contribution in [-0.4, -0.2) is 45.8 Å². The fourth-order valence-electron chi connectivity index (χ4n) is 2.85. The van der Waals surface area contributed by atoms with Crippen molar-refractivity contribution in [1.82, 2.24) is 0 Å². The number of esters is 1. The lowest BCUT2D eigenvalue weighted by molar-refractivity contribution is -0.116. The summed E-state index contributed by atoms with van der Waals surface area (Å²) >= 11 is 0. The molecule has 0 aliphatic rings. The first kappa shape index (κ1) is 23.2. The monoisotopic (exact) mass is 434 g/mol. The van der Waals surface area contributed by atoms with E-state index in [2.05, 4.69) is 5.32 Å². The first-order valence-corrected chi connectivity index (χ1v) is 11.3. The Labute approximate surface area is 176 Å². The fraction of sp³-hybridized carbons (Fsp3) is 0.333. The SMILES string of the molecule is CCOC(=O)c1cccc(NC(=O)[C@@H](C)N(c2ccc(OCC)cc2)S(C)(=O)=O)c1. The van der Waals surface area contributed by atoms with Gasteiger partial charge in [0.2, 0.25) is 15.9 Å². The van der Waals surface area contributed by atoms with Crippen LogP contribution in [0.15, 0.2) is 48.5 Å². The van der Waals surface area contributed by atoms with Gasteiger partial charge in [-0.1, -0.05) is 6.07 Å². The molecule has 0 unspecified atom stereocenters. The van der Waals surface area contributed by atoms with E-state index in [0.717, 1.165) is 10.6 Å². The summed E-state index contributed by atoms with van der Waals surface area (Å²) in [5.74, 6) is -0.452. The zero-order valence-electron chi connectivity index (χ0n) is 17.4. The molecule has 8 nitrogen and oxygen atoms in total. The minimum atomic E-state index is -3.75. The molecule has 9 heteroatoms. The third-order valence-corrected chi connectivity index (χ3v) is 5.37. The Hall–Kier alpha value is -3.07. The highest BCUT2D eigenvalue weighted by atomic mass is 32.2. The molecular weight excluding hydrogens is 408 g/mol. The van der Waals surface area contributed by atoms with E-state index in [0.29, 0.717) is 23.7 Å². The van der Waals surface area contributed by atoms with Crippen LogP contribution >= 0.6 is 0 Å². The molecule has 162 valence electrons. The lowest BCUT2D eigenvalue weighted by Gasteiger charge is -2.28. The van der Waals surface area contributed by atoms with Crippen LogP contribution in [0.25, 0.3) is 0 Å². The summed E-state index contributed by atoms with van der Waals surface area (Å²) in [6.45, 7) is 5.75. The van der Waals surface area contributed by atoms with E-state index in [1.165, 1.54) is 13.0 Å². The minimum Gasteiger partial charge on any atom is -0.494 e. The molecule has 0 radical (unpaired) electrons. The van der Waals surface area contributed by atoms with Crippen molar-refractivity contribution in [2.75, 3.05) is 29.1 Å². The van der Waals surface area contributed by atoms with Crippen LogP contribution in [0.2, 0.25) is 0 Å². The molecule has 2 rings (SSSR count). The summed E-state index contributed by atoms with van der Waals surface area (Å²) in [7, 11) is -3.75. The molecule has 2 aromatic rings. The Kier molecular flexibility index (Phi) is 7.82. The maximum atomic E-state index is 12.8. The van der Waals surface area contributed by atoms with Gasteiger partial charge in [0.15, 0.2) is 0 Å². The molecule has 0 spiro atoms. The van der Waals surface area contributed by atoms with E-state index in [4.69, 9.17) is 9.47 Å². The number of hydrogen-bond acceptors (Lipinski definition) is 6. The smallest absolute Gasteiger partial charge is 0.338 e. The predicted molar refractivity (Wildman–Crippen MR) is 115 cm³/mol. The van der Waals surface area contributed by atoms with Gasteiger partial charge in [-0.05, 0) is 63.2 Å². The molecule has 0 fully saturated rings. The van der Waals surface area contributed by atoms with E-state index in [-0.39, 0.29) is 12.2 Å². The number of anilines is 2. The Balaban J connectivity index is 2.24. The van der Waals surface area contributed by atoms with Gasteiger partial charge < -0.3 is 14.8 Å². The fourth-order valence-corrected chi connectivity index (χ4v) is 4.02. The first-order valence-electron chi connectivity index (χ1n) is 9.47. The van der Waals surface area contributed by atoms with Crippen LogP contribution in [-0.2, 0) is 19.6 Å². The Morgan fingerprint density at radius 2 is 1.73 bits per heavy atom. The summed E-state index contributed by atoms with van der Waals surface area (Å²) in [6.07, 6.45) is 1.04. The number of sulfonamides is 1. The first-order chi connectivity index (χ1) is 14.2. The van der Waals surface area contributed by atoms with Crippen molar-refractivity contribution < 1.29 is 27.5 Å². The number of amides is 1. The molecule has 1 amide bonds. The molecule has 0 aliphatic heterocycles. The highest BCUT2D eigenvalue weighted by Crippen LogP contribution is 2.24. The summed E-state index contributed by atoms with van der Waals surface area (Å²) in [5.41, 5.74) is 0.982. The average Bonchev–Trinajstić information content (AvgIpc) is 2.69. The van der Waals surface area contributed by atoms with E-state index in [1.807, 2.05) is 6.92 Å². The Morgan fingerprint density at radius 3 is 2.30 bits per heavy atom. The van der Waals surface area contributed by atoms with E-state index in [9.17, 15) is 18.0 Å². The largest absolute Gasteiger partial charge is 0.494 e. The van der Waals surface area contributed by atoms with Gasteiger partial charge in [0.1, 0.15) is 11.8 Å². The molecule has 2 aromatic carbocycles. The van der Waals surface area contributed by atoms with Gasteiger partial charge >= 0.3 is 5.97 Å². The number of rotatable bonds is 9. The standard InChI is InChI=1S/C21H26N2O6S/c1-5-28-19-12-10-18(11-13-19)23(30(4,26)27)15(3)20(24)22-17-9-7-8-16(14-17)21(25)29-6-2/h7-15H,5-6H2,1-4H3,(H,22,24)/t15-/m1/s1. The molecule has 0 heterocycles. The second kappa shape index (κ2) is 10.1. The molecule has 0 saturated heterocycles. The van der Waals surface area contributed by atoms with Crippen LogP contribution < -0.4 is 14.4 Å². The van der Waals surface area contributed by atoms with Gasteiger partial charge in [0.05, 0.1) is 30.7 Å². The van der Waals surface area contributed by atoms with Crippen molar-refractivity contribution in [3.05, 3.63) is 54.1 Å². The quantitative estimate of drug-likeness (QED) is 0.609. The molecule has 0 saturated carbocycles. The topological polar surface area (TPSA) is 102 Å². The average molecular weight is 435 g/mol. The number of benzene rings is 2. The summed E-state index contributed by atoms with van der Waals surface area (Å²) in [6, 6.07) is 11.7. The third kappa shape index (κ3) is 5.96. The van der Waals surface area contributed by atoms with Crippen LogP contribution in [0.4, 0.5) is 11.4 Å². The Bertz CT molecular complexity index is 989. The van der Waals surface area contributed by atoms with E-state index in [1.54, 1.807) is 49.4 Å². The molecule has 0 bridgehead atoms. The van der Waals surface area contributed by atoms with Crippen LogP contribution in [0, 0.1) is 0 Å². The van der Waals surface area contributed by atoms with Gasteiger partial charge in [0, 0.05) is 5.69 Å². The highest BCUT2D eigenvalue weighted by Gasteiger charge is 2.29. The lowest BCUT2D eigenvalue weighted by atomic mass is 10.2. The van der Waals surface area contributed by atoms with Gasteiger partial charge in [-0.25, -0.2) is 13.2 Å². The summed E-state index contributed by atoms with van der Waals surface area (Å²) in [5, 5.41) is 2.66. The normalized spacial score (nSPS) is 12.0. The summed E-state index contributed by atoms with van der Waals surface area (Å²) in [4.78, 5) is 24.7. The molecule has 0 aromatic heterocycles. The highest BCUT2D eigenvalue weighted by molar-refractivity contribution is 7.92. The van der Waals surface area contributed by atoms with Crippen molar-refractivity contribution in [1.29, 1.82) is 0 Å². The van der Waals surface area contributed by atoms with Gasteiger partial charge in [0.25, 0.3) is 0 Å². The predicted octanol–water partition coefficient (Wildman–Crippen LogP) is 3.06. The number of nitrogens with one attached hydrogen (secondary N) is 1. The molecule has 1 atom stereocenters. The second-order valence-electron chi connectivity index (χ2n) is 6.45. The van der Waals surface area contributed by atoms with Crippen molar-refractivity contribution in [2.24, 2.45) is 0 Å².